The van der Waals surface area contributed by atoms with E-state index in [2.05, 4.69) is 0 Å². The van der Waals surface area contributed by atoms with Gasteiger partial charge in [0.1, 0.15) is 11.3 Å². The monoisotopic (exact) mass is 327 g/mol. The second kappa shape index (κ2) is 5.96. The molecule has 0 saturated carbocycles. The van der Waals surface area contributed by atoms with Crippen molar-refractivity contribution < 1.29 is 13.9 Å². The quantitative estimate of drug-likeness (QED) is 0.813. The molecular formula is C19H21NO4. The Labute approximate surface area is 140 Å². The van der Waals surface area contributed by atoms with Crippen molar-refractivity contribution in [3.8, 4) is 5.75 Å². The number of carbonyl (C=O) groups is 1. The molecule has 1 aliphatic carbocycles. The second-order valence-corrected chi connectivity index (χ2v) is 6.65. The number of nitrogens with zero attached hydrogens (tertiary/aromatic N) is 1. The zero-order chi connectivity index (χ0) is 16.7. The van der Waals surface area contributed by atoms with E-state index >= 15 is 0 Å². The molecule has 5 nitrogen and oxygen atoms in total. The molecular weight excluding hydrogens is 306 g/mol. The van der Waals surface area contributed by atoms with E-state index in [-0.39, 0.29) is 11.5 Å². The van der Waals surface area contributed by atoms with E-state index < -0.39 is 6.10 Å². The summed E-state index contributed by atoms with van der Waals surface area (Å²) in [6.45, 7) is 3.38. The molecule has 24 heavy (non-hydrogen) atoms. The number of likely N-dealkylation sites (tertiary alicyclic amines) is 1. The van der Waals surface area contributed by atoms with Crippen LogP contribution in [-0.2, 0) is 17.6 Å². The Morgan fingerprint density at radius 3 is 2.62 bits per heavy atom. The Hall–Kier alpha value is -2.30. The van der Waals surface area contributed by atoms with Gasteiger partial charge >= 0.3 is 5.63 Å². The van der Waals surface area contributed by atoms with E-state index in [0.717, 1.165) is 61.7 Å². The molecule has 2 aliphatic rings. The summed E-state index contributed by atoms with van der Waals surface area (Å²) in [5.41, 5.74) is 2.24. The first kappa shape index (κ1) is 15.2. The van der Waals surface area contributed by atoms with E-state index in [0.29, 0.717) is 11.3 Å². The maximum absolute atomic E-state index is 12.2. The maximum atomic E-state index is 12.2. The Bertz CT molecular complexity index is 850. The third kappa shape index (κ3) is 2.58. The van der Waals surface area contributed by atoms with Gasteiger partial charge in [0.25, 0.3) is 5.91 Å². The van der Waals surface area contributed by atoms with Gasteiger partial charge in [-0.1, -0.05) is 0 Å². The zero-order valence-electron chi connectivity index (χ0n) is 13.8. The lowest BCUT2D eigenvalue weighted by Gasteiger charge is -2.33. The van der Waals surface area contributed by atoms with Crippen LogP contribution in [0, 0.1) is 0 Å². The van der Waals surface area contributed by atoms with E-state index in [1.165, 1.54) is 0 Å². The number of benzene rings is 1. The molecule has 2 aromatic rings. The van der Waals surface area contributed by atoms with Crippen LogP contribution in [0.25, 0.3) is 11.0 Å². The standard InChI is InChI=1S/C19H21NO4/c1-12(18(21)20-9-4-10-20)23-13-7-8-15-14-5-2-3-6-16(14)19(22)24-17(15)11-13/h7-8,11-12H,2-6,9-10H2,1H3. The van der Waals surface area contributed by atoms with Crippen LogP contribution in [0.5, 0.6) is 5.75 Å². The molecule has 1 aromatic carbocycles. The molecule has 4 rings (SSSR count). The lowest BCUT2D eigenvalue weighted by atomic mass is 9.91. The van der Waals surface area contributed by atoms with Gasteiger partial charge in [-0.15, -0.1) is 0 Å². The van der Waals surface area contributed by atoms with Crippen molar-refractivity contribution in [1.29, 1.82) is 0 Å². The molecule has 1 atom stereocenters. The number of fused-ring (bicyclic) bond motifs is 3. The molecule has 1 amide bonds. The fourth-order valence-corrected chi connectivity index (χ4v) is 3.55. The molecule has 0 N–H and O–H groups in total. The van der Waals surface area contributed by atoms with Crippen LogP contribution >= 0.6 is 0 Å². The Morgan fingerprint density at radius 2 is 1.92 bits per heavy atom. The van der Waals surface area contributed by atoms with E-state index in [1.807, 2.05) is 12.1 Å². The molecule has 126 valence electrons. The van der Waals surface area contributed by atoms with Gasteiger partial charge in [-0.25, -0.2) is 4.79 Å². The molecule has 0 radical (unpaired) electrons. The second-order valence-electron chi connectivity index (χ2n) is 6.65. The van der Waals surface area contributed by atoms with Crippen LogP contribution in [0.1, 0.15) is 37.3 Å². The predicted octanol–water partition coefficient (Wildman–Crippen LogP) is 2.67. The minimum Gasteiger partial charge on any atom is -0.481 e. The molecule has 0 spiro atoms. The van der Waals surface area contributed by atoms with Crippen molar-refractivity contribution in [1.82, 2.24) is 4.90 Å². The van der Waals surface area contributed by atoms with Crippen molar-refractivity contribution in [3.05, 3.63) is 39.7 Å². The van der Waals surface area contributed by atoms with E-state index in [4.69, 9.17) is 9.15 Å². The summed E-state index contributed by atoms with van der Waals surface area (Å²) in [5.74, 6) is 0.566. The number of carbonyl (C=O) groups excluding carboxylic acids is 1. The van der Waals surface area contributed by atoms with Crippen LogP contribution < -0.4 is 10.4 Å². The fourth-order valence-electron chi connectivity index (χ4n) is 3.55. The summed E-state index contributed by atoms with van der Waals surface area (Å²) in [4.78, 5) is 26.1. The molecule has 1 aliphatic heterocycles. The Morgan fingerprint density at radius 1 is 1.17 bits per heavy atom. The summed E-state index contributed by atoms with van der Waals surface area (Å²) in [6.07, 6.45) is 4.39. The molecule has 2 heterocycles. The van der Waals surface area contributed by atoms with Gasteiger partial charge < -0.3 is 14.1 Å². The summed E-state index contributed by atoms with van der Waals surface area (Å²) in [7, 11) is 0. The average Bonchev–Trinajstić information content (AvgIpc) is 2.53. The highest BCUT2D eigenvalue weighted by Gasteiger charge is 2.26. The van der Waals surface area contributed by atoms with Crippen LogP contribution in [0.2, 0.25) is 0 Å². The first-order chi connectivity index (χ1) is 11.6. The minimum atomic E-state index is -0.535. The van der Waals surface area contributed by atoms with Gasteiger partial charge in [0.05, 0.1) is 0 Å². The molecule has 1 unspecified atom stereocenters. The fraction of sp³-hybridized carbons (Fsp3) is 0.474. The highest BCUT2D eigenvalue weighted by atomic mass is 16.5. The summed E-state index contributed by atoms with van der Waals surface area (Å²) < 4.78 is 11.3. The number of hydrogen-bond donors (Lipinski definition) is 0. The van der Waals surface area contributed by atoms with Crippen molar-refractivity contribution in [3.63, 3.8) is 0 Å². The van der Waals surface area contributed by atoms with Crippen LogP contribution in [-0.4, -0.2) is 30.0 Å². The molecule has 1 aromatic heterocycles. The van der Waals surface area contributed by atoms with Gasteiger partial charge in [-0.05, 0) is 56.7 Å². The van der Waals surface area contributed by atoms with Crippen molar-refractivity contribution in [2.75, 3.05) is 13.1 Å². The zero-order valence-corrected chi connectivity index (χ0v) is 13.8. The summed E-state index contributed by atoms with van der Waals surface area (Å²) in [6, 6.07) is 5.53. The summed E-state index contributed by atoms with van der Waals surface area (Å²) >= 11 is 0. The number of aryl methyl sites for hydroxylation is 1. The first-order valence-electron chi connectivity index (χ1n) is 8.67. The number of rotatable bonds is 3. The molecule has 1 fully saturated rings. The molecule has 5 heteroatoms. The van der Waals surface area contributed by atoms with Gasteiger partial charge in [-0.3, -0.25) is 4.79 Å². The van der Waals surface area contributed by atoms with Crippen LogP contribution in [0.15, 0.2) is 27.4 Å². The van der Waals surface area contributed by atoms with Gasteiger partial charge in [0.15, 0.2) is 6.10 Å². The lowest BCUT2D eigenvalue weighted by molar-refractivity contribution is -0.141. The third-order valence-corrected chi connectivity index (χ3v) is 5.02. The Balaban J connectivity index is 1.63. The van der Waals surface area contributed by atoms with Crippen molar-refractivity contribution in [2.24, 2.45) is 0 Å². The van der Waals surface area contributed by atoms with E-state index in [9.17, 15) is 9.59 Å². The normalized spacial score (nSPS) is 18.0. The lowest BCUT2D eigenvalue weighted by Crippen LogP contribution is -2.47. The number of hydrogen-bond acceptors (Lipinski definition) is 4. The molecule has 0 bridgehead atoms. The first-order valence-corrected chi connectivity index (χ1v) is 8.67. The van der Waals surface area contributed by atoms with E-state index in [1.54, 1.807) is 17.9 Å². The van der Waals surface area contributed by atoms with Gasteiger partial charge in [0.2, 0.25) is 0 Å². The highest BCUT2D eigenvalue weighted by molar-refractivity contribution is 5.84. The van der Waals surface area contributed by atoms with Gasteiger partial charge in [0, 0.05) is 30.1 Å². The SMILES string of the molecule is CC(Oc1ccc2c3c(c(=O)oc2c1)CCCC3)C(=O)N1CCC1. The largest absolute Gasteiger partial charge is 0.481 e. The number of amides is 1. The van der Waals surface area contributed by atoms with Crippen LogP contribution in [0.3, 0.4) is 0 Å². The number of ether oxygens (including phenoxy) is 1. The maximum Gasteiger partial charge on any atom is 0.339 e. The smallest absolute Gasteiger partial charge is 0.339 e. The van der Waals surface area contributed by atoms with Crippen molar-refractivity contribution >= 4 is 16.9 Å². The van der Waals surface area contributed by atoms with Crippen molar-refractivity contribution in [2.45, 2.75) is 45.1 Å². The third-order valence-electron chi connectivity index (χ3n) is 5.02. The highest BCUT2D eigenvalue weighted by Crippen LogP contribution is 2.29. The Kier molecular flexibility index (Phi) is 3.79. The minimum absolute atomic E-state index is 0.00763. The topological polar surface area (TPSA) is 59.8 Å². The average molecular weight is 327 g/mol. The van der Waals surface area contributed by atoms with Crippen LogP contribution in [0.4, 0.5) is 0 Å². The van der Waals surface area contributed by atoms with Gasteiger partial charge in [-0.2, -0.15) is 0 Å². The predicted molar refractivity (Wildman–Crippen MR) is 90.4 cm³/mol. The summed E-state index contributed by atoms with van der Waals surface area (Å²) in [5, 5.41) is 0.985. The molecule has 1 saturated heterocycles.